The van der Waals surface area contributed by atoms with Gasteiger partial charge in [0.15, 0.2) is 12.2 Å². The lowest BCUT2D eigenvalue weighted by Gasteiger charge is -2.14. The Kier molecular flexibility index (Phi) is 5.63. The van der Waals surface area contributed by atoms with Crippen LogP contribution in [0.4, 0.5) is 0 Å². The average molecular weight is 301 g/mol. The van der Waals surface area contributed by atoms with Gasteiger partial charge in [-0.05, 0) is 5.56 Å². The van der Waals surface area contributed by atoms with Gasteiger partial charge in [0.25, 0.3) is 11.8 Å². The molecule has 2 amide bonds. The van der Waals surface area contributed by atoms with Gasteiger partial charge < -0.3 is 9.47 Å². The molecule has 5 nitrogen and oxygen atoms in total. The van der Waals surface area contributed by atoms with Crippen molar-refractivity contribution < 1.29 is 19.1 Å². The van der Waals surface area contributed by atoms with E-state index in [-0.39, 0.29) is 31.6 Å². The minimum absolute atomic E-state index is 0.177. The van der Waals surface area contributed by atoms with Crippen LogP contribution in [0.15, 0.2) is 55.6 Å². The Labute approximate surface area is 129 Å². The third-order valence-electron chi connectivity index (χ3n) is 3.26. The summed E-state index contributed by atoms with van der Waals surface area (Å²) < 4.78 is 10.8. The number of ether oxygens (including phenoxy) is 2. The average Bonchev–Trinajstić information content (AvgIpc) is 2.76. The predicted molar refractivity (Wildman–Crippen MR) is 81.9 cm³/mol. The van der Waals surface area contributed by atoms with Crippen molar-refractivity contribution in [3.63, 3.8) is 0 Å². The van der Waals surface area contributed by atoms with Crippen LogP contribution in [0, 0.1) is 0 Å². The lowest BCUT2D eigenvalue weighted by molar-refractivity contribution is -0.142. The van der Waals surface area contributed by atoms with Crippen molar-refractivity contribution in [3.05, 3.63) is 61.2 Å². The van der Waals surface area contributed by atoms with Crippen molar-refractivity contribution in [2.24, 2.45) is 0 Å². The second-order valence-electron chi connectivity index (χ2n) is 4.83. The lowest BCUT2D eigenvalue weighted by atomic mass is 10.2. The van der Waals surface area contributed by atoms with Crippen LogP contribution in [-0.2, 0) is 25.6 Å². The Morgan fingerprint density at radius 3 is 1.91 bits per heavy atom. The molecular formula is C17H19NO4. The highest BCUT2D eigenvalue weighted by Crippen LogP contribution is 2.22. The molecule has 22 heavy (non-hydrogen) atoms. The van der Waals surface area contributed by atoms with Gasteiger partial charge in [-0.25, -0.2) is 0 Å². The highest BCUT2D eigenvalue weighted by Gasteiger charge is 2.49. The first-order chi connectivity index (χ1) is 10.7. The number of hydrogen-bond donors (Lipinski definition) is 0. The van der Waals surface area contributed by atoms with E-state index in [2.05, 4.69) is 13.2 Å². The quantitative estimate of drug-likeness (QED) is 0.542. The summed E-state index contributed by atoms with van der Waals surface area (Å²) >= 11 is 0. The van der Waals surface area contributed by atoms with Crippen LogP contribution >= 0.6 is 0 Å². The van der Waals surface area contributed by atoms with E-state index in [9.17, 15) is 9.59 Å². The van der Waals surface area contributed by atoms with E-state index in [1.54, 1.807) is 0 Å². The molecule has 1 saturated heterocycles. The zero-order valence-electron chi connectivity index (χ0n) is 12.3. The molecule has 0 spiro atoms. The summed E-state index contributed by atoms with van der Waals surface area (Å²) in [7, 11) is 0. The Morgan fingerprint density at radius 2 is 1.45 bits per heavy atom. The SMILES string of the molecule is C=CCO[C@H]1C(=O)N(Cc2ccccc2)C(=O)[C@@H]1OCC=C. The Morgan fingerprint density at radius 1 is 0.955 bits per heavy atom. The molecule has 0 aromatic heterocycles. The molecule has 116 valence electrons. The second-order valence-corrected chi connectivity index (χ2v) is 4.83. The minimum Gasteiger partial charge on any atom is -0.361 e. The van der Waals surface area contributed by atoms with Crippen LogP contribution < -0.4 is 0 Å². The number of hydrogen-bond acceptors (Lipinski definition) is 4. The molecule has 1 fully saturated rings. The largest absolute Gasteiger partial charge is 0.361 e. The Bertz CT molecular complexity index is 525. The van der Waals surface area contributed by atoms with Gasteiger partial charge in [0.05, 0.1) is 19.8 Å². The van der Waals surface area contributed by atoms with Crippen LogP contribution in [0.1, 0.15) is 5.56 Å². The third kappa shape index (κ3) is 3.50. The molecule has 0 aliphatic carbocycles. The van der Waals surface area contributed by atoms with Gasteiger partial charge in [-0.1, -0.05) is 42.5 Å². The molecule has 2 atom stereocenters. The summed E-state index contributed by atoms with van der Waals surface area (Å²) in [6, 6.07) is 9.31. The van der Waals surface area contributed by atoms with Crippen LogP contribution in [0.2, 0.25) is 0 Å². The predicted octanol–water partition coefficient (Wildman–Crippen LogP) is 1.70. The first-order valence-electron chi connectivity index (χ1n) is 7.03. The van der Waals surface area contributed by atoms with E-state index in [0.717, 1.165) is 5.56 Å². The molecule has 2 rings (SSSR count). The second kappa shape index (κ2) is 7.68. The molecule has 5 heteroatoms. The van der Waals surface area contributed by atoms with Crippen LogP contribution in [0.3, 0.4) is 0 Å². The van der Waals surface area contributed by atoms with Crippen molar-refractivity contribution in [1.82, 2.24) is 4.90 Å². The molecule has 0 saturated carbocycles. The maximum Gasteiger partial charge on any atom is 0.261 e. The van der Waals surface area contributed by atoms with Crippen molar-refractivity contribution in [3.8, 4) is 0 Å². The van der Waals surface area contributed by atoms with E-state index in [4.69, 9.17) is 9.47 Å². The van der Waals surface area contributed by atoms with Crippen molar-refractivity contribution >= 4 is 11.8 Å². The highest BCUT2D eigenvalue weighted by atomic mass is 16.6. The molecular weight excluding hydrogens is 282 g/mol. The smallest absolute Gasteiger partial charge is 0.261 e. The molecule has 1 aliphatic rings. The number of amides is 2. The number of nitrogens with zero attached hydrogens (tertiary/aromatic N) is 1. The summed E-state index contributed by atoms with van der Waals surface area (Å²) in [4.78, 5) is 26.1. The monoisotopic (exact) mass is 301 g/mol. The minimum atomic E-state index is -0.936. The van der Waals surface area contributed by atoms with Gasteiger partial charge in [0, 0.05) is 0 Å². The van der Waals surface area contributed by atoms with E-state index in [0.29, 0.717) is 0 Å². The molecule has 0 bridgehead atoms. The molecule has 0 radical (unpaired) electrons. The first-order valence-corrected chi connectivity index (χ1v) is 7.03. The zero-order chi connectivity index (χ0) is 15.9. The van der Waals surface area contributed by atoms with Gasteiger partial charge in [-0.2, -0.15) is 0 Å². The lowest BCUT2D eigenvalue weighted by Crippen LogP contribution is -2.34. The number of imide groups is 1. The molecule has 0 N–H and O–H groups in total. The number of benzene rings is 1. The zero-order valence-corrected chi connectivity index (χ0v) is 12.3. The first kappa shape index (κ1) is 16.1. The summed E-state index contributed by atoms with van der Waals surface area (Å²) in [5.41, 5.74) is 0.871. The van der Waals surface area contributed by atoms with Gasteiger partial charge in [-0.15, -0.1) is 13.2 Å². The topological polar surface area (TPSA) is 55.8 Å². The van der Waals surface area contributed by atoms with Crippen LogP contribution in [-0.4, -0.2) is 42.1 Å². The standard InChI is InChI=1S/C17H19NO4/c1-3-10-21-14-15(22-11-4-2)17(20)18(16(14)19)12-13-8-6-5-7-9-13/h3-9,14-15H,1-2,10-12H2/t14-,15-/m1/s1. The maximum atomic E-state index is 12.4. The summed E-state index contributed by atoms with van der Waals surface area (Å²) in [5, 5.41) is 0. The van der Waals surface area contributed by atoms with Gasteiger partial charge in [-0.3, -0.25) is 14.5 Å². The number of likely N-dealkylation sites (tertiary alicyclic amines) is 1. The number of carbonyl (C=O) groups is 2. The van der Waals surface area contributed by atoms with Gasteiger partial charge >= 0.3 is 0 Å². The summed E-state index contributed by atoms with van der Waals surface area (Å²) in [5.74, 6) is -0.769. The Balaban J connectivity index is 2.16. The van der Waals surface area contributed by atoms with E-state index in [1.807, 2.05) is 30.3 Å². The number of carbonyl (C=O) groups excluding carboxylic acids is 2. The maximum absolute atomic E-state index is 12.4. The van der Waals surface area contributed by atoms with Crippen molar-refractivity contribution in [2.45, 2.75) is 18.8 Å². The fourth-order valence-electron chi connectivity index (χ4n) is 2.26. The summed E-state index contributed by atoms with van der Waals surface area (Å²) in [6.45, 7) is 7.66. The highest BCUT2D eigenvalue weighted by molar-refractivity contribution is 6.08. The molecule has 1 aromatic rings. The van der Waals surface area contributed by atoms with E-state index >= 15 is 0 Å². The van der Waals surface area contributed by atoms with E-state index < -0.39 is 12.2 Å². The normalized spacial score (nSPS) is 21.2. The molecule has 1 aliphatic heterocycles. The molecule has 0 unspecified atom stereocenters. The van der Waals surface area contributed by atoms with Crippen molar-refractivity contribution in [2.75, 3.05) is 13.2 Å². The van der Waals surface area contributed by atoms with Gasteiger partial charge in [0.1, 0.15) is 0 Å². The molecule has 1 heterocycles. The van der Waals surface area contributed by atoms with Crippen LogP contribution in [0.25, 0.3) is 0 Å². The third-order valence-corrected chi connectivity index (χ3v) is 3.26. The molecule has 1 aromatic carbocycles. The fourth-order valence-corrected chi connectivity index (χ4v) is 2.26. The fraction of sp³-hybridized carbons (Fsp3) is 0.294. The van der Waals surface area contributed by atoms with Gasteiger partial charge in [0.2, 0.25) is 0 Å². The van der Waals surface area contributed by atoms with Crippen molar-refractivity contribution in [1.29, 1.82) is 0 Å². The summed E-state index contributed by atoms with van der Waals surface area (Å²) in [6.07, 6.45) is 1.19. The number of rotatable bonds is 8. The van der Waals surface area contributed by atoms with E-state index in [1.165, 1.54) is 17.1 Å². The Hall–Kier alpha value is -2.24. The van der Waals surface area contributed by atoms with Crippen LogP contribution in [0.5, 0.6) is 0 Å².